The van der Waals surface area contributed by atoms with E-state index in [1.165, 1.54) is 23.1 Å². The van der Waals surface area contributed by atoms with Crippen LogP contribution in [0.3, 0.4) is 0 Å². The van der Waals surface area contributed by atoms with Crippen molar-refractivity contribution in [3.05, 3.63) is 68.1 Å². The molecule has 29 heavy (non-hydrogen) atoms. The van der Waals surface area contributed by atoms with Crippen LogP contribution in [0.1, 0.15) is 36.7 Å². The number of carbonyl (C=O) groups is 2. The van der Waals surface area contributed by atoms with Crippen molar-refractivity contribution in [1.29, 1.82) is 0 Å². The van der Waals surface area contributed by atoms with Crippen LogP contribution in [0.2, 0.25) is 4.47 Å². The van der Waals surface area contributed by atoms with Gasteiger partial charge in [0.25, 0.3) is 0 Å². The highest BCUT2D eigenvalue weighted by Gasteiger charge is 2.35. The molecule has 148 valence electrons. The molecular weight excluding hydrogens is 496 g/mol. The average Bonchev–Trinajstić information content (AvgIpc) is 3.14. The molecule has 1 aliphatic rings. The van der Waals surface area contributed by atoms with Gasteiger partial charge in [0.15, 0.2) is 16.0 Å². The number of rotatable bonds is 6. The quantitative estimate of drug-likeness (QED) is 0.206. The highest BCUT2D eigenvalue weighted by molar-refractivity contribution is 9.09. The molecule has 2 N–H and O–H groups in total. The molecule has 0 saturated carbocycles. The van der Waals surface area contributed by atoms with Crippen molar-refractivity contribution < 1.29 is 14.7 Å². The first-order valence-electron chi connectivity index (χ1n) is 8.62. The SMILES string of the molecule is O=C1c2ccccc2C(=O)c2c(NCc3cnc(Cl)s3)c(SCCBr)cc(O)c21. The molecule has 1 heterocycles. The van der Waals surface area contributed by atoms with E-state index in [0.717, 1.165) is 16.0 Å². The topological polar surface area (TPSA) is 79.3 Å². The molecule has 1 aromatic heterocycles. The summed E-state index contributed by atoms with van der Waals surface area (Å²) < 4.78 is 0.434. The number of alkyl halides is 1. The van der Waals surface area contributed by atoms with Gasteiger partial charge in [-0.25, -0.2) is 4.98 Å². The monoisotopic (exact) mass is 508 g/mol. The molecule has 1 aliphatic carbocycles. The number of nitrogens with zero attached hydrogens (tertiary/aromatic N) is 1. The number of benzene rings is 2. The molecule has 3 aromatic rings. The summed E-state index contributed by atoms with van der Waals surface area (Å²) in [4.78, 5) is 32.0. The Bertz CT molecular complexity index is 1130. The maximum Gasteiger partial charge on any atom is 0.198 e. The molecule has 0 amide bonds. The minimum atomic E-state index is -0.353. The fourth-order valence-corrected chi connectivity index (χ4v) is 5.44. The third-order valence-electron chi connectivity index (χ3n) is 4.44. The maximum atomic E-state index is 13.3. The number of phenols is 1. The lowest BCUT2D eigenvalue weighted by molar-refractivity contribution is 0.0977. The van der Waals surface area contributed by atoms with Gasteiger partial charge in [0.05, 0.1) is 23.4 Å². The van der Waals surface area contributed by atoms with Gasteiger partial charge in [-0.2, -0.15) is 0 Å². The fourth-order valence-electron chi connectivity index (χ4n) is 3.23. The van der Waals surface area contributed by atoms with Crippen LogP contribution in [0.15, 0.2) is 41.4 Å². The Morgan fingerprint density at radius 3 is 2.48 bits per heavy atom. The first kappa shape index (κ1) is 20.4. The standard InChI is InChI=1S/C20H14BrClN2O3S2/c21-5-6-28-14-7-13(25)15-16(17(14)23-8-10-9-24-20(22)29-10)19(27)12-4-2-1-3-11(12)18(15)26/h1-4,7,9,23,25H,5-6,8H2. The van der Waals surface area contributed by atoms with E-state index in [1.54, 1.807) is 36.5 Å². The summed E-state index contributed by atoms with van der Waals surface area (Å²) in [5.74, 6) is -0.0839. The van der Waals surface area contributed by atoms with Crippen LogP contribution in [-0.2, 0) is 6.54 Å². The van der Waals surface area contributed by atoms with Crippen molar-refractivity contribution in [2.75, 3.05) is 16.4 Å². The lowest BCUT2D eigenvalue weighted by atomic mass is 9.82. The van der Waals surface area contributed by atoms with Crippen LogP contribution >= 0.6 is 50.6 Å². The van der Waals surface area contributed by atoms with Crippen molar-refractivity contribution in [1.82, 2.24) is 4.98 Å². The zero-order valence-electron chi connectivity index (χ0n) is 14.9. The average molecular weight is 510 g/mol. The second-order valence-electron chi connectivity index (χ2n) is 6.19. The third kappa shape index (κ3) is 3.82. The van der Waals surface area contributed by atoms with E-state index in [0.29, 0.717) is 32.7 Å². The summed E-state index contributed by atoms with van der Waals surface area (Å²) in [6.45, 7) is 0.395. The number of carbonyl (C=O) groups excluding carboxylic acids is 2. The second kappa shape index (κ2) is 8.47. The number of phenolic OH excluding ortho intramolecular Hbond substituents is 1. The van der Waals surface area contributed by atoms with Crippen LogP contribution in [0.25, 0.3) is 0 Å². The van der Waals surface area contributed by atoms with Gasteiger partial charge >= 0.3 is 0 Å². The van der Waals surface area contributed by atoms with E-state index in [1.807, 2.05) is 0 Å². The van der Waals surface area contributed by atoms with E-state index in [-0.39, 0.29) is 28.4 Å². The Kier molecular flexibility index (Phi) is 5.96. The number of thiazole rings is 1. The summed E-state index contributed by atoms with van der Waals surface area (Å²) in [6, 6.07) is 8.23. The molecule has 0 radical (unpaired) electrons. The number of aromatic hydroxyl groups is 1. The Morgan fingerprint density at radius 2 is 1.86 bits per heavy atom. The number of hydrogen-bond acceptors (Lipinski definition) is 7. The van der Waals surface area contributed by atoms with Gasteiger partial charge < -0.3 is 10.4 Å². The van der Waals surface area contributed by atoms with E-state index in [4.69, 9.17) is 11.6 Å². The molecule has 0 unspecified atom stereocenters. The summed E-state index contributed by atoms with van der Waals surface area (Å²) in [6.07, 6.45) is 1.67. The van der Waals surface area contributed by atoms with Crippen LogP contribution in [0.4, 0.5) is 5.69 Å². The molecule has 9 heteroatoms. The minimum Gasteiger partial charge on any atom is -0.507 e. The predicted molar refractivity (Wildman–Crippen MR) is 120 cm³/mol. The molecular formula is C20H14BrClN2O3S2. The normalized spacial score (nSPS) is 12.6. The Morgan fingerprint density at radius 1 is 1.17 bits per heavy atom. The highest BCUT2D eigenvalue weighted by Crippen LogP contribution is 2.43. The smallest absolute Gasteiger partial charge is 0.198 e. The van der Waals surface area contributed by atoms with Crippen LogP contribution in [0, 0.1) is 0 Å². The molecule has 2 aromatic carbocycles. The predicted octanol–water partition coefficient (Wildman–Crippen LogP) is 5.38. The molecule has 4 rings (SSSR count). The highest BCUT2D eigenvalue weighted by atomic mass is 79.9. The van der Waals surface area contributed by atoms with E-state index in [9.17, 15) is 14.7 Å². The van der Waals surface area contributed by atoms with E-state index in [2.05, 4.69) is 26.2 Å². The molecule has 0 atom stereocenters. The summed E-state index contributed by atoms with van der Waals surface area (Å²) in [5, 5.41) is 14.6. The molecule has 0 aliphatic heterocycles. The number of nitrogens with one attached hydrogen (secondary N) is 1. The Hall–Kier alpha value is -1.87. The number of hydrogen-bond donors (Lipinski definition) is 2. The Labute approximate surface area is 188 Å². The second-order valence-corrected chi connectivity index (χ2v) is 9.82. The largest absolute Gasteiger partial charge is 0.507 e. The van der Waals surface area contributed by atoms with Gasteiger partial charge in [0.1, 0.15) is 5.75 Å². The van der Waals surface area contributed by atoms with Gasteiger partial charge in [-0.15, -0.1) is 23.1 Å². The van der Waals surface area contributed by atoms with Gasteiger partial charge in [-0.05, 0) is 6.07 Å². The minimum absolute atomic E-state index is 0.0433. The molecule has 0 bridgehead atoms. The van der Waals surface area contributed by atoms with Crippen molar-refractivity contribution in [3.63, 3.8) is 0 Å². The molecule has 0 fully saturated rings. The van der Waals surface area contributed by atoms with E-state index >= 15 is 0 Å². The number of halogens is 2. The zero-order chi connectivity index (χ0) is 20.5. The van der Waals surface area contributed by atoms with Gasteiger partial charge in [0.2, 0.25) is 0 Å². The lowest BCUT2D eigenvalue weighted by Gasteiger charge is -2.24. The zero-order valence-corrected chi connectivity index (χ0v) is 18.8. The van der Waals surface area contributed by atoms with Gasteiger partial charge in [-0.3, -0.25) is 9.59 Å². The first-order valence-corrected chi connectivity index (χ1v) is 11.9. The summed E-state index contributed by atoms with van der Waals surface area (Å²) in [5.41, 5.74) is 1.45. The van der Waals surface area contributed by atoms with Crippen LogP contribution < -0.4 is 5.32 Å². The van der Waals surface area contributed by atoms with Crippen LogP contribution in [0.5, 0.6) is 5.75 Å². The summed E-state index contributed by atoms with van der Waals surface area (Å²) in [7, 11) is 0. The molecule has 5 nitrogen and oxygen atoms in total. The lowest BCUT2D eigenvalue weighted by Crippen LogP contribution is -2.23. The number of ketones is 2. The van der Waals surface area contributed by atoms with Gasteiger partial charge in [-0.1, -0.05) is 51.8 Å². The number of aromatic nitrogens is 1. The van der Waals surface area contributed by atoms with Crippen molar-refractivity contribution in [2.24, 2.45) is 0 Å². The van der Waals surface area contributed by atoms with Crippen molar-refractivity contribution in [3.8, 4) is 5.75 Å². The van der Waals surface area contributed by atoms with Crippen molar-refractivity contribution in [2.45, 2.75) is 11.4 Å². The Balaban J connectivity index is 1.85. The maximum absolute atomic E-state index is 13.3. The van der Waals surface area contributed by atoms with Gasteiger partial charge in [0, 0.05) is 38.2 Å². The van der Waals surface area contributed by atoms with E-state index < -0.39 is 0 Å². The fraction of sp³-hybridized carbons (Fsp3) is 0.150. The third-order valence-corrected chi connectivity index (χ3v) is 7.52. The van der Waals surface area contributed by atoms with Crippen molar-refractivity contribution >= 4 is 67.9 Å². The molecule has 0 spiro atoms. The number of anilines is 1. The number of thioether (sulfide) groups is 1. The molecule has 0 saturated heterocycles. The van der Waals surface area contributed by atoms with Crippen LogP contribution in [-0.4, -0.2) is 32.7 Å². The number of fused-ring (bicyclic) bond motifs is 2. The first-order chi connectivity index (χ1) is 14.0. The summed E-state index contributed by atoms with van der Waals surface area (Å²) >= 11 is 12.1.